The largest absolute Gasteiger partial charge is 0.397 e. The van der Waals surface area contributed by atoms with Crippen LogP contribution >= 0.6 is 0 Å². The van der Waals surface area contributed by atoms with Gasteiger partial charge < -0.3 is 21.7 Å². The first-order valence-electron chi connectivity index (χ1n) is 5.60. The molecule has 1 aromatic heterocycles. The van der Waals surface area contributed by atoms with Gasteiger partial charge in [0.2, 0.25) is 5.91 Å². The molecular weight excluding hydrogens is 234 g/mol. The lowest BCUT2D eigenvalue weighted by Crippen LogP contribution is -2.54. The molecule has 96 valence electrons. The lowest BCUT2D eigenvalue weighted by Gasteiger charge is -2.34. The van der Waals surface area contributed by atoms with E-state index in [-0.39, 0.29) is 11.5 Å². The average Bonchev–Trinajstić information content (AvgIpc) is 2.33. The van der Waals surface area contributed by atoms with Crippen molar-refractivity contribution >= 4 is 23.3 Å². The molecule has 1 aliphatic heterocycles. The first kappa shape index (κ1) is 12.2. The molecule has 1 saturated heterocycles. The molecule has 7 nitrogen and oxygen atoms in total. The average molecular weight is 249 g/mol. The van der Waals surface area contributed by atoms with Gasteiger partial charge in [0.1, 0.15) is 11.9 Å². The van der Waals surface area contributed by atoms with Crippen molar-refractivity contribution in [1.82, 2.24) is 10.3 Å². The molecule has 7 heteroatoms. The van der Waals surface area contributed by atoms with Crippen molar-refractivity contribution in [1.29, 1.82) is 0 Å². The van der Waals surface area contributed by atoms with Crippen molar-refractivity contribution in [3.8, 4) is 0 Å². The highest BCUT2D eigenvalue weighted by Crippen LogP contribution is 2.22. The summed E-state index contributed by atoms with van der Waals surface area (Å²) in [5.74, 6) is -0.308. The summed E-state index contributed by atoms with van der Waals surface area (Å²) < 4.78 is 0. The van der Waals surface area contributed by atoms with E-state index in [0.29, 0.717) is 24.6 Å². The van der Waals surface area contributed by atoms with Gasteiger partial charge in [0, 0.05) is 13.1 Å². The minimum Gasteiger partial charge on any atom is -0.397 e. The SMILES string of the molecule is CC1C(=O)NCCN1c1ncc(N)cc1C(N)=O. The van der Waals surface area contributed by atoms with Crippen LogP contribution in [0.5, 0.6) is 0 Å². The molecule has 18 heavy (non-hydrogen) atoms. The smallest absolute Gasteiger partial charge is 0.252 e. The molecule has 0 bridgehead atoms. The number of hydrogen-bond acceptors (Lipinski definition) is 5. The maximum Gasteiger partial charge on any atom is 0.252 e. The van der Waals surface area contributed by atoms with E-state index < -0.39 is 11.9 Å². The Bertz CT molecular complexity index is 502. The molecule has 2 rings (SSSR count). The fourth-order valence-electron chi connectivity index (χ4n) is 1.96. The maximum atomic E-state index is 11.6. The van der Waals surface area contributed by atoms with Crippen molar-refractivity contribution in [2.24, 2.45) is 5.73 Å². The lowest BCUT2D eigenvalue weighted by atomic mass is 10.1. The summed E-state index contributed by atoms with van der Waals surface area (Å²) in [6.07, 6.45) is 1.45. The van der Waals surface area contributed by atoms with Crippen LogP contribution in [-0.4, -0.2) is 35.9 Å². The summed E-state index contributed by atoms with van der Waals surface area (Å²) in [7, 11) is 0. The van der Waals surface area contributed by atoms with Crippen LogP contribution in [0, 0.1) is 0 Å². The van der Waals surface area contributed by atoms with Crippen LogP contribution < -0.4 is 21.7 Å². The summed E-state index contributed by atoms with van der Waals surface area (Å²) in [5, 5.41) is 2.74. The second kappa shape index (κ2) is 4.52. The van der Waals surface area contributed by atoms with Gasteiger partial charge in [0.05, 0.1) is 17.4 Å². The summed E-state index contributed by atoms with van der Waals surface area (Å²) in [6, 6.07) is 1.08. The van der Waals surface area contributed by atoms with E-state index in [0.717, 1.165) is 0 Å². The standard InChI is InChI=1S/C11H15N5O2/c1-6-11(18)14-2-3-16(6)10-8(9(13)17)4-7(12)5-15-10/h4-6H,2-3,12H2,1H3,(H2,13,17)(H,14,18). The Morgan fingerprint density at radius 3 is 3.00 bits per heavy atom. The molecule has 0 aliphatic carbocycles. The second-order valence-electron chi connectivity index (χ2n) is 4.16. The molecule has 0 aromatic carbocycles. The lowest BCUT2D eigenvalue weighted by molar-refractivity contribution is -0.122. The van der Waals surface area contributed by atoms with Gasteiger partial charge in [-0.2, -0.15) is 0 Å². The molecule has 0 spiro atoms. The van der Waals surface area contributed by atoms with Crippen LogP contribution in [0.15, 0.2) is 12.3 Å². The number of primary amides is 1. The molecule has 1 unspecified atom stereocenters. The van der Waals surface area contributed by atoms with E-state index in [4.69, 9.17) is 11.5 Å². The number of carbonyl (C=O) groups excluding carboxylic acids is 2. The number of carbonyl (C=O) groups is 2. The zero-order valence-corrected chi connectivity index (χ0v) is 10.0. The molecule has 5 N–H and O–H groups in total. The van der Waals surface area contributed by atoms with Gasteiger partial charge in [-0.05, 0) is 13.0 Å². The fourth-order valence-corrected chi connectivity index (χ4v) is 1.96. The number of nitrogens with zero attached hydrogens (tertiary/aromatic N) is 2. The number of nitrogen functional groups attached to an aromatic ring is 1. The topological polar surface area (TPSA) is 114 Å². The molecular formula is C11H15N5O2. The van der Waals surface area contributed by atoms with Crippen molar-refractivity contribution in [2.45, 2.75) is 13.0 Å². The summed E-state index contributed by atoms with van der Waals surface area (Å²) >= 11 is 0. The highest BCUT2D eigenvalue weighted by molar-refractivity contribution is 5.99. The quantitative estimate of drug-likeness (QED) is 0.627. The molecule has 1 aliphatic rings. The summed E-state index contributed by atoms with van der Waals surface area (Å²) in [6.45, 7) is 2.83. The van der Waals surface area contributed by atoms with Gasteiger partial charge >= 0.3 is 0 Å². The Hall–Kier alpha value is -2.31. The first-order valence-corrected chi connectivity index (χ1v) is 5.60. The highest BCUT2D eigenvalue weighted by Gasteiger charge is 2.29. The normalized spacial score (nSPS) is 19.5. The summed E-state index contributed by atoms with van der Waals surface area (Å²) in [5.41, 5.74) is 11.5. The Balaban J connectivity index is 2.43. The molecule has 2 amide bonds. The fraction of sp³-hybridized carbons (Fsp3) is 0.364. The Kier molecular flexibility index (Phi) is 3.05. The molecule has 1 fully saturated rings. The van der Waals surface area contributed by atoms with Gasteiger partial charge in [0.15, 0.2) is 0 Å². The number of hydrogen-bond donors (Lipinski definition) is 3. The third-order valence-electron chi connectivity index (χ3n) is 2.92. The van der Waals surface area contributed by atoms with Crippen LogP contribution in [0.1, 0.15) is 17.3 Å². The monoisotopic (exact) mass is 249 g/mol. The minimum absolute atomic E-state index is 0.102. The number of piperazine rings is 1. The predicted molar refractivity (Wildman–Crippen MR) is 67.0 cm³/mol. The third kappa shape index (κ3) is 2.06. The minimum atomic E-state index is -0.608. The van der Waals surface area contributed by atoms with Crippen LogP contribution in [0.25, 0.3) is 0 Å². The number of nitrogens with two attached hydrogens (primary N) is 2. The number of aromatic nitrogens is 1. The van der Waals surface area contributed by atoms with Crippen molar-refractivity contribution in [3.63, 3.8) is 0 Å². The predicted octanol–water partition coefficient (Wildman–Crippen LogP) is -0.913. The van der Waals surface area contributed by atoms with E-state index >= 15 is 0 Å². The van der Waals surface area contributed by atoms with Gasteiger partial charge in [-0.25, -0.2) is 4.98 Å². The van der Waals surface area contributed by atoms with Gasteiger partial charge in [0.25, 0.3) is 5.91 Å². The van der Waals surface area contributed by atoms with Crippen molar-refractivity contribution in [2.75, 3.05) is 23.7 Å². The maximum absolute atomic E-state index is 11.6. The number of rotatable bonds is 2. The van der Waals surface area contributed by atoms with Crippen LogP contribution in [-0.2, 0) is 4.79 Å². The zero-order chi connectivity index (χ0) is 13.3. The Labute approximate surface area is 104 Å². The van der Waals surface area contributed by atoms with Crippen LogP contribution in [0.4, 0.5) is 11.5 Å². The van der Waals surface area contributed by atoms with Crippen LogP contribution in [0.3, 0.4) is 0 Å². The van der Waals surface area contributed by atoms with Gasteiger partial charge in [-0.15, -0.1) is 0 Å². The Morgan fingerprint density at radius 1 is 1.61 bits per heavy atom. The van der Waals surface area contributed by atoms with E-state index in [9.17, 15) is 9.59 Å². The Morgan fingerprint density at radius 2 is 2.33 bits per heavy atom. The summed E-state index contributed by atoms with van der Waals surface area (Å²) in [4.78, 5) is 28.9. The zero-order valence-electron chi connectivity index (χ0n) is 10.0. The van der Waals surface area contributed by atoms with E-state index in [1.54, 1.807) is 11.8 Å². The number of amides is 2. The van der Waals surface area contributed by atoms with Gasteiger partial charge in [-0.3, -0.25) is 9.59 Å². The number of anilines is 2. The van der Waals surface area contributed by atoms with E-state index in [1.165, 1.54) is 12.3 Å². The molecule has 0 radical (unpaired) electrons. The molecule has 2 heterocycles. The molecule has 0 saturated carbocycles. The molecule has 1 aromatic rings. The van der Waals surface area contributed by atoms with E-state index in [2.05, 4.69) is 10.3 Å². The van der Waals surface area contributed by atoms with Crippen LogP contribution in [0.2, 0.25) is 0 Å². The number of nitrogens with one attached hydrogen (secondary N) is 1. The van der Waals surface area contributed by atoms with Crippen molar-refractivity contribution < 1.29 is 9.59 Å². The van der Waals surface area contributed by atoms with Gasteiger partial charge in [-0.1, -0.05) is 0 Å². The molecule has 1 atom stereocenters. The second-order valence-corrected chi connectivity index (χ2v) is 4.16. The first-order chi connectivity index (χ1) is 8.50. The van der Waals surface area contributed by atoms with Crippen molar-refractivity contribution in [3.05, 3.63) is 17.8 Å². The number of pyridine rings is 1. The van der Waals surface area contributed by atoms with E-state index in [1.807, 2.05) is 0 Å². The third-order valence-corrected chi connectivity index (χ3v) is 2.92. The highest BCUT2D eigenvalue weighted by atomic mass is 16.2.